The predicted molar refractivity (Wildman–Crippen MR) is 97.2 cm³/mol. The molecule has 130 valence electrons. The van der Waals surface area contributed by atoms with Gasteiger partial charge in [0.05, 0.1) is 14.2 Å². The molecule has 0 radical (unpaired) electrons. The Morgan fingerprint density at radius 3 is 2.04 bits per heavy atom. The average molecular weight is 348 g/mol. The Balaban J connectivity index is 2.14. The molecule has 0 N–H and O–H groups in total. The summed E-state index contributed by atoms with van der Waals surface area (Å²) in [5.74, 6) is 0.850. The van der Waals surface area contributed by atoms with E-state index in [0.29, 0.717) is 33.8 Å². The minimum atomic E-state index is -0.455. The fourth-order valence-corrected chi connectivity index (χ4v) is 3.47. The topological polar surface area (TPSA) is 61.8 Å². The Morgan fingerprint density at radius 1 is 0.808 bits per heavy atom. The van der Waals surface area contributed by atoms with E-state index in [1.807, 2.05) is 24.3 Å². The second kappa shape index (κ2) is 5.88. The number of carbonyl (C=O) groups is 2. The lowest BCUT2D eigenvalue weighted by molar-refractivity contribution is -0.131. The first-order chi connectivity index (χ1) is 12.5. The van der Waals surface area contributed by atoms with Crippen molar-refractivity contribution < 1.29 is 23.8 Å². The van der Waals surface area contributed by atoms with E-state index in [-0.39, 0.29) is 5.78 Å². The van der Waals surface area contributed by atoms with Crippen LogP contribution in [0.1, 0.15) is 22.8 Å². The molecule has 0 amide bonds. The quantitative estimate of drug-likeness (QED) is 0.414. The van der Waals surface area contributed by atoms with Crippen LogP contribution in [-0.2, 0) is 4.79 Å². The van der Waals surface area contributed by atoms with E-state index in [2.05, 4.69) is 0 Å². The predicted octanol–water partition coefficient (Wildman–Crippen LogP) is 3.99. The molecule has 5 heteroatoms. The smallest absolute Gasteiger partial charge is 0.308 e. The number of ether oxygens (including phenoxy) is 3. The first-order valence-electron chi connectivity index (χ1n) is 8.10. The largest absolute Gasteiger partial charge is 0.493 e. The van der Waals surface area contributed by atoms with Crippen molar-refractivity contribution in [3.05, 3.63) is 53.6 Å². The third-order valence-corrected chi connectivity index (χ3v) is 4.54. The molecular weight excluding hydrogens is 332 g/mol. The minimum Gasteiger partial charge on any atom is -0.493 e. The van der Waals surface area contributed by atoms with Gasteiger partial charge in [-0.15, -0.1) is 0 Å². The summed E-state index contributed by atoms with van der Waals surface area (Å²) in [4.78, 5) is 24.4. The van der Waals surface area contributed by atoms with Crippen LogP contribution in [0.5, 0.6) is 17.2 Å². The van der Waals surface area contributed by atoms with Crippen molar-refractivity contribution in [2.24, 2.45) is 0 Å². The van der Waals surface area contributed by atoms with Gasteiger partial charge in [-0.25, -0.2) is 0 Å². The van der Waals surface area contributed by atoms with Crippen molar-refractivity contribution >= 4 is 22.5 Å². The van der Waals surface area contributed by atoms with E-state index in [1.165, 1.54) is 6.92 Å². The van der Waals surface area contributed by atoms with Crippen LogP contribution in [0, 0.1) is 0 Å². The van der Waals surface area contributed by atoms with E-state index in [1.54, 1.807) is 32.4 Å². The molecule has 0 spiro atoms. The fourth-order valence-electron chi connectivity index (χ4n) is 3.47. The lowest BCUT2D eigenvalue weighted by Gasteiger charge is -2.15. The molecule has 3 aromatic rings. The summed E-state index contributed by atoms with van der Waals surface area (Å²) in [5, 5.41) is 1.45. The Bertz CT molecular complexity index is 1080. The number of methoxy groups -OCH3 is 2. The Labute approximate surface area is 150 Å². The molecule has 0 atom stereocenters. The lowest BCUT2D eigenvalue weighted by atomic mass is 9.96. The van der Waals surface area contributed by atoms with Gasteiger partial charge < -0.3 is 14.2 Å². The Hall–Kier alpha value is -3.34. The zero-order chi connectivity index (χ0) is 18.4. The zero-order valence-electron chi connectivity index (χ0n) is 14.6. The SMILES string of the molecule is COc1cc2c(OC(C)=O)cc3c(c2cc1OC)-c1ccccc1C3=O. The minimum absolute atomic E-state index is 0.0827. The van der Waals surface area contributed by atoms with Gasteiger partial charge in [0.25, 0.3) is 0 Å². The normalized spacial score (nSPS) is 11.9. The Kier molecular flexibility index (Phi) is 3.65. The van der Waals surface area contributed by atoms with Crippen molar-refractivity contribution in [3.63, 3.8) is 0 Å². The van der Waals surface area contributed by atoms with E-state index in [9.17, 15) is 9.59 Å². The van der Waals surface area contributed by atoms with Crippen molar-refractivity contribution in [3.8, 4) is 28.4 Å². The molecule has 0 heterocycles. The molecule has 0 bridgehead atoms. The number of hydrogen-bond acceptors (Lipinski definition) is 5. The molecule has 1 aliphatic rings. The highest BCUT2D eigenvalue weighted by molar-refractivity contribution is 6.27. The summed E-state index contributed by atoms with van der Waals surface area (Å²) in [6.07, 6.45) is 0. The summed E-state index contributed by atoms with van der Waals surface area (Å²) in [7, 11) is 3.10. The van der Waals surface area contributed by atoms with E-state index >= 15 is 0 Å². The van der Waals surface area contributed by atoms with Crippen LogP contribution in [0.15, 0.2) is 42.5 Å². The van der Waals surface area contributed by atoms with E-state index < -0.39 is 5.97 Å². The molecule has 0 aliphatic heterocycles. The number of esters is 1. The van der Waals surface area contributed by atoms with Gasteiger partial charge in [-0.2, -0.15) is 0 Å². The summed E-state index contributed by atoms with van der Waals surface area (Å²) < 4.78 is 16.2. The summed E-state index contributed by atoms with van der Waals surface area (Å²) in [6.45, 7) is 1.33. The van der Waals surface area contributed by atoms with Crippen LogP contribution in [-0.4, -0.2) is 26.0 Å². The van der Waals surface area contributed by atoms with Crippen LogP contribution in [0.3, 0.4) is 0 Å². The second-order valence-corrected chi connectivity index (χ2v) is 6.02. The van der Waals surface area contributed by atoms with Crippen molar-refractivity contribution in [1.82, 2.24) is 0 Å². The van der Waals surface area contributed by atoms with Crippen LogP contribution in [0.25, 0.3) is 21.9 Å². The first-order valence-corrected chi connectivity index (χ1v) is 8.10. The van der Waals surface area contributed by atoms with E-state index in [0.717, 1.165) is 16.5 Å². The zero-order valence-corrected chi connectivity index (χ0v) is 14.6. The van der Waals surface area contributed by atoms with Gasteiger partial charge in [0.1, 0.15) is 5.75 Å². The van der Waals surface area contributed by atoms with Gasteiger partial charge in [0.15, 0.2) is 17.3 Å². The summed E-state index contributed by atoms with van der Waals surface area (Å²) in [5.41, 5.74) is 2.83. The van der Waals surface area contributed by atoms with Crippen LogP contribution in [0.2, 0.25) is 0 Å². The standard InChI is InChI=1S/C21H16O5/c1-11(22)26-17-10-16-20(12-6-4-5-7-13(12)21(16)23)15-9-19(25-3)18(24-2)8-14(15)17/h4-10H,1-3H3. The first kappa shape index (κ1) is 16.1. The fraction of sp³-hybridized carbons (Fsp3) is 0.143. The molecule has 0 saturated heterocycles. The second-order valence-electron chi connectivity index (χ2n) is 6.02. The number of hydrogen-bond donors (Lipinski definition) is 0. The third-order valence-electron chi connectivity index (χ3n) is 4.54. The average Bonchev–Trinajstić information content (AvgIpc) is 2.93. The lowest BCUT2D eigenvalue weighted by Crippen LogP contribution is -2.04. The highest BCUT2D eigenvalue weighted by Crippen LogP contribution is 2.47. The number of rotatable bonds is 3. The van der Waals surface area contributed by atoms with Gasteiger partial charge in [-0.1, -0.05) is 24.3 Å². The molecular formula is C21H16O5. The van der Waals surface area contributed by atoms with Crippen molar-refractivity contribution in [2.75, 3.05) is 14.2 Å². The number of benzene rings is 3. The van der Waals surface area contributed by atoms with Gasteiger partial charge in [-0.05, 0) is 29.1 Å². The van der Waals surface area contributed by atoms with Gasteiger partial charge in [0.2, 0.25) is 0 Å². The monoisotopic (exact) mass is 348 g/mol. The third kappa shape index (κ3) is 2.24. The van der Waals surface area contributed by atoms with Crippen molar-refractivity contribution in [2.45, 2.75) is 6.92 Å². The van der Waals surface area contributed by atoms with Crippen LogP contribution >= 0.6 is 0 Å². The number of fused-ring (bicyclic) bond motifs is 5. The van der Waals surface area contributed by atoms with Gasteiger partial charge in [0, 0.05) is 29.0 Å². The molecule has 3 aromatic carbocycles. The molecule has 5 nitrogen and oxygen atoms in total. The van der Waals surface area contributed by atoms with Crippen LogP contribution < -0.4 is 14.2 Å². The number of ketones is 1. The molecule has 0 saturated carbocycles. The molecule has 26 heavy (non-hydrogen) atoms. The van der Waals surface area contributed by atoms with E-state index in [4.69, 9.17) is 14.2 Å². The highest BCUT2D eigenvalue weighted by Gasteiger charge is 2.30. The summed E-state index contributed by atoms with van der Waals surface area (Å²) in [6, 6.07) is 12.7. The maximum absolute atomic E-state index is 12.9. The maximum atomic E-state index is 12.9. The molecule has 4 rings (SSSR count). The van der Waals surface area contributed by atoms with Gasteiger partial charge >= 0.3 is 5.97 Å². The number of carbonyl (C=O) groups excluding carboxylic acids is 2. The Morgan fingerprint density at radius 2 is 1.42 bits per heavy atom. The van der Waals surface area contributed by atoms with Gasteiger partial charge in [-0.3, -0.25) is 9.59 Å². The highest BCUT2D eigenvalue weighted by atomic mass is 16.5. The molecule has 0 aromatic heterocycles. The molecule has 0 unspecified atom stereocenters. The van der Waals surface area contributed by atoms with Crippen LogP contribution in [0.4, 0.5) is 0 Å². The van der Waals surface area contributed by atoms with Crippen molar-refractivity contribution in [1.29, 1.82) is 0 Å². The molecule has 1 aliphatic carbocycles. The maximum Gasteiger partial charge on any atom is 0.308 e. The summed E-state index contributed by atoms with van der Waals surface area (Å²) >= 11 is 0. The molecule has 0 fully saturated rings.